The number of carbonyl (C=O) groups is 1. The number of aromatic carboxylic acids is 1. The van der Waals surface area contributed by atoms with E-state index in [1.165, 1.54) is 6.26 Å². The third kappa shape index (κ3) is 4.20. The van der Waals surface area contributed by atoms with Gasteiger partial charge in [0, 0.05) is 24.4 Å². The Labute approximate surface area is 99.5 Å². The highest BCUT2D eigenvalue weighted by molar-refractivity contribution is 7.91. The van der Waals surface area contributed by atoms with E-state index in [2.05, 4.69) is 5.32 Å². The van der Waals surface area contributed by atoms with Crippen molar-refractivity contribution >= 4 is 15.8 Å². The lowest BCUT2D eigenvalue weighted by atomic mass is 10.2. The number of sulfone groups is 1. The molecule has 0 aromatic carbocycles. The molecule has 2 N–H and O–H groups in total. The summed E-state index contributed by atoms with van der Waals surface area (Å²) in [6.45, 7) is 2.16. The lowest BCUT2D eigenvalue weighted by Gasteiger charge is -2.03. The summed E-state index contributed by atoms with van der Waals surface area (Å²) in [5, 5.41) is 11.6. The molecule has 0 aliphatic rings. The van der Waals surface area contributed by atoms with Crippen LogP contribution < -0.4 is 5.32 Å². The lowest BCUT2D eigenvalue weighted by Crippen LogP contribution is -2.24. The molecule has 0 aliphatic heterocycles. The Morgan fingerprint density at radius 2 is 2.24 bits per heavy atom. The van der Waals surface area contributed by atoms with Gasteiger partial charge in [-0.2, -0.15) is 0 Å². The molecule has 0 aliphatic carbocycles. The molecule has 0 radical (unpaired) electrons. The maximum absolute atomic E-state index is 11.2. The number of nitrogens with one attached hydrogen (secondary N) is 1. The monoisotopic (exact) mass is 261 g/mol. The van der Waals surface area contributed by atoms with Crippen LogP contribution in [-0.4, -0.2) is 37.5 Å². The Balaban J connectivity index is 2.42. The molecule has 0 saturated heterocycles. The minimum absolute atomic E-state index is 0.0454. The molecule has 1 rings (SSSR count). The van der Waals surface area contributed by atoms with Gasteiger partial charge < -0.3 is 14.8 Å². The van der Waals surface area contributed by atoms with E-state index in [9.17, 15) is 13.2 Å². The minimum atomic E-state index is -2.99. The number of carboxylic acid groups (broad SMARTS) is 1. The molecule has 6 nitrogen and oxygen atoms in total. The van der Waals surface area contributed by atoms with E-state index >= 15 is 0 Å². The van der Waals surface area contributed by atoms with Crippen LogP contribution in [0.1, 0.15) is 23.0 Å². The number of hydrogen-bond acceptors (Lipinski definition) is 5. The van der Waals surface area contributed by atoms with E-state index < -0.39 is 15.8 Å². The van der Waals surface area contributed by atoms with Crippen molar-refractivity contribution in [3.63, 3.8) is 0 Å². The molecular formula is C10H15NO5S. The van der Waals surface area contributed by atoms with Gasteiger partial charge in [-0.3, -0.25) is 0 Å². The zero-order valence-electron chi connectivity index (χ0n) is 9.47. The molecule has 7 heteroatoms. The van der Waals surface area contributed by atoms with E-state index in [0.717, 1.165) is 0 Å². The molecule has 0 atom stereocenters. The summed E-state index contributed by atoms with van der Waals surface area (Å²) in [6, 6.07) is 1.55. The molecule has 0 unspecified atom stereocenters. The SMILES string of the molecule is CCS(=O)(=O)CCNCc1ccoc1C(=O)O. The van der Waals surface area contributed by atoms with Gasteiger partial charge in [-0.15, -0.1) is 0 Å². The maximum atomic E-state index is 11.2. The Hall–Kier alpha value is -1.34. The summed E-state index contributed by atoms with van der Waals surface area (Å²) in [5.41, 5.74) is 0.506. The van der Waals surface area contributed by atoms with Gasteiger partial charge in [-0.1, -0.05) is 6.92 Å². The fourth-order valence-electron chi connectivity index (χ4n) is 1.26. The third-order valence-corrected chi connectivity index (χ3v) is 3.99. The van der Waals surface area contributed by atoms with E-state index in [1.54, 1.807) is 13.0 Å². The predicted molar refractivity (Wildman–Crippen MR) is 61.7 cm³/mol. The largest absolute Gasteiger partial charge is 0.475 e. The zero-order valence-corrected chi connectivity index (χ0v) is 10.3. The predicted octanol–water partition coefficient (Wildman–Crippen LogP) is 0.502. The molecule has 17 heavy (non-hydrogen) atoms. The highest BCUT2D eigenvalue weighted by atomic mass is 32.2. The Morgan fingerprint density at radius 3 is 2.82 bits per heavy atom. The average molecular weight is 261 g/mol. The Bertz CT molecular complexity index is 477. The van der Waals surface area contributed by atoms with Gasteiger partial charge in [0.15, 0.2) is 9.84 Å². The van der Waals surface area contributed by atoms with Crippen molar-refractivity contribution in [3.8, 4) is 0 Å². The van der Waals surface area contributed by atoms with Crippen LogP contribution in [0.4, 0.5) is 0 Å². The maximum Gasteiger partial charge on any atom is 0.372 e. The zero-order chi connectivity index (χ0) is 12.9. The molecule has 0 bridgehead atoms. The number of hydrogen-bond donors (Lipinski definition) is 2. The second kappa shape index (κ2) is 5.83. The molecule has 1 aromatic heterocycles. The lowest BCUT2D eigenvalue weighted by molar-refractivity contribution is 0.0660. The highest BCUT2D eigenvalue weighted by Gasteiger charge is 2.13. The first kappa shape index (κ1) is 13.7. The van der Waals surface area contributed by atoms with Crippen LogP contribution in [-0.2, 0) is 16.4 Å². The van der Waals surface area contributed by atoms with Crippen molar-refractivity contribution in [2.24, 2.45) is 0 Å². The van der Waals surface area contributed by atoms with Gasteiger partial charge in [0.25, 0.3) is 0 Å². The van der Waals surface area contributed by atoms with Gasteiger partial charge in [0.1, 0.15) is 0 Å². The van der Waals surface area contributed by atoms with Crippen LogP contribution in [0.3, 0.4) is 0 Å². The molecule has 0 saturated carbocycles. The van der Waals surface area contributed by atoms with E-state index in [-0.39, 0.29) is 23.8 Å². The molecule has 0 spiro atoms. The first-order valence-electron chi connectivity index (χ1n) is 5.17. The fourth-order valence-corrected chi connectivity index (χ4v) is 2.00. The van der Waals surface area contributed by atoms with E-state index in [1.807, 2.05) is 0 Å². The topological polar surface area (TPSA) is 96.6 Å². The van der Waals surface area contributed by atoms with Crippen LogP contribution in [0.25, 0.3) is 0 Å². The van der Waals surface area contributed by atoms with Gasteiger partial charge in [-0.25, -0.2) is 13.2 Å². The molecular weight excluding hydrogens is 246 g/mol. The molecule has 1 aromatic rings. The Kier molecular flexibility index (Phi) is 4.71. The first-order valence-corrected chi connectivity index (χ1v) is 6.99. The second-order valence-corrected chi connectivity index (χ2v) is 5.97. The van der Waals surface area contributed by atoms with Crippen LogP contribution in [0.5, 0.6) is 0 Å². The average Bonchev–Trinajstić information content (AvgIpc) is 2.73. The summed E-state index contributed by atoms with van der Waals surface area (Å²) in [5.74, 6) is -1.09. The van der Waals surface area contributed by atoms with Crippen molar-refractivity contribution in [3.05, 3.63) is 23.7 Å². The molecule has 0 amide bonds. The number of furan rings is 1. The normalized spacial score (nSPS) is 11.6. The smallest absolute Gasteiger partial charge is 0.372 e. The van der Waals surface area contributed by atoms with Gasteiger partial charge in [0.2, 0.25) is 5.76 Å². The molecule has 0 fully saturated rings. The van der Waals surface area contributed by atoms with E-state index in [0.29, 0.717) is 12.1 Å². The van der Waals surface area contributed by atoms with Crippen molar-refractivity contribution < 1.29 is 22.7 Å². The summed E-state index contributed by atoms with van der Waals surface area (Å²) in [4.78, 5) is 10.7. The fraction of sp³-hybridized carbons (Fsp3) is 0.500. The molecule has 96 valence electrons. The summed E-state index contributed by atoms with van der Waals surface area (Å²) in [7, 11) is -2.99. The standard InChI is InChI=1S/C10H15NO5S/c1-2-17(14,15)6-4-11-7-8-3-5-16-9(8)10(12)13/h3,5,11H,2,4,6-7H2,1H3,(H,12,13). The summed E-state index contributed by atoms with van der Waals surface area (Å²) >= 11 is 0. The Morgan fingerprint density at radius 1 is 1.53 bits per heavy atom. The number of carboxylic acids is 1. The van der Waals surface area contributed by atoms with Crippen molar-refractivity contribution in [2.75, 3.05) is 18.1 Å². The number of rotatable bonds is 7. The highest BCUT2D eigenvalue weighted by Crippen LogP contribution is 2.09. The summed E-state index contributed by atoms with van der Waals surface area (Å²) in [6.07, 6.45) is 1.29. The van der Waals surface area contributed by atoms with Crippen molar-refractivity contribution in [2.45, 2.75) is 13.5 Å². The first-order chi connectivity index (χ1) is 7.96. The quantitative estimate of drug-likeness (QED) is 0.694. The van der Waals surface area contributed by atoms with Gasteiger partial charge >= 0.3 is 5.97 Å². The van der Waals surface area contributed by atoms with Crippen LogP contribution in [0.15, 0.2) is 16.7 Å². The van der Waals surface area contributed by atoms with Crippen molar-refractivity contribution in [1.82, 2.24) is 5.32 Å². The van der Waals surface area contributed by atoms with Crippen molar-refractivity contribution in [1.29, 1.82) is 0 Å². The van der Waals surface area contributed by atoms with Crippen LogP contribution >= 0.6 is 0 Å². The van der Waals surface area contributed by atoms with Gasteiger partial charge in [0.05, 0.1) is 12.0 Å². The second-order valence-electron chi connectivity index (χ2n) is 3.49. The van der Waals surface area contributed by atoms with Crippen LogP contribution in [0, 0.1) is 0 Å². The van der Waals surface area contributed by atoms with Crippen LogP contribution in [0.2, 0.25) is 0 Å². The minimum Gasteiger partial charge on any atom is -0.475 e. The third-order valence-electron chi connectivity index (χ3n) is 2.29. The summed E-state index contributed by atoms with van der Waals surface area (Å²) < 4.78 is 27.2. The van der Waals surface area contributed by atoms with Gasteiger partial charge in [-0.05, 0) is 6.07 Å². The molecule has 1 heterocycles. The van der Waals surface area contributed by atoms with E-state index in [4.69, 9.17) is 9.52 Å².